The van der Waals surface area contributed by atoms with Crippen LogP contribution in [0.15, 0.2) is 30.0 Å². The van der Waals surface area contributed by atoms with Crippen molar-refractivity contribution >= 4 is 5.97 Å². The van der Waals surface area contributed by atoms with Crippen molar-refractivity contribution in [3.05, 3.63) is 41.2 Å². The fourth-order valence-electron chi connectivity index (χ4n) is 4.18. The average Bonchev–Trinajstić information content (AvgIpc) is 3.25. The molecule has 0 radical (unpaired) electrons. The molecule has 1 fully saturated rings. The SMILES string of the molecule is CCc1cc(C#CC(O)(CC2=CC(=O)OC(C)(C)O2)C2CCCC2)ccc1OCC#N. The number of ether oxygens (including phenoxy) is 3. The first kappa shape index (κ1) is 22.7. The van der Waals surface area contributed by atoms with Gasteiger partial charge in [-0.2, -0.15) is 5.26 Å². The van der Waals surface area contributed by atoms with E-state index in [9.17, 15) is 9.90 Å². The van der Waals surface area contributed by atoms with Gasteiger partial charge in [0.05, 0.1) is 6.08 Å². The van der Waals surface area contributed by atoms with E-state index in [0.29, 0.717) is 11.5 Å². The summed E-state index contributed by atoms with van der Waals surface area (Å²) >= 11 is 0. The standard InChI is InChI=1S/C25H29NO5/c1-4-19-15-18(9-10-22(19)29-14-13-26)11-12-25(28,20-7-5-6-8-20)17-21-16-23(27)31-24(2,3)30-21/h9-10,15-16,20,28H,4-8,14,17H2,1-3H3. The zero-order chi connectivity index (χ0) is 22.5. The lowest BCUT2D eigenvalue weighted by atomic mass is 9.82. The molecule has 31 heavy (non-hydrogen) atoms. The van der Waals surface area contributed by atoms with Crippen molar-refractivity contribution in [3.63, 3.8) is 0 Å². The van der Waals surface area contributed by atoms with Crippen LogP contribution in [-0.2, 0) is 20.7 Å². The Morgan fingerprint density at radius 2 is 2.03 bits per heavy atom. The molecule has 3 rings (SSSR count). The second-order valence-corrected chi connectivity index (χ2v) is 8.49. The lowest BCUT2D eigenvalue weighted by molar-refractivity contribution is -0.207. The molecule has 0 spiro atoms. The topological polar surface area (TPSA) is 88.8 Å². The molecule has 0 amide bonds. The van der Waals surface area contributed by atoms with Crippen molar-refractivity contribution in [3.8, 4) is 23.7 Å². The van der Waals surface area contributed by atoms with Gasteiger partial charge in [-0.25, -0.2) is 4.79 Å². The molecule has 1 N–H and O–H groups in total. The zero-order valence-corrected chi connectivity index (χ0v) is 18.4. The van der Waals surface area contributed by atoms with E-state index in [1.807, 2.05) is 25.1 Å². The van der Waals surface area contributed by atoms with Gasteiger partial charge in [-0.15, -0.1) is 0 Å². The average molecular weight is 424 g/mol. The van der Waals surface area contributed by atoms with Gasteiger partial charge in [0.1, 0.15) is 23.2 Å². The van der Waals surface area contributed by atoms with Crippen LogP contribution >= 0.6 is 0 Å². The number of rotatable bonds is 6. The lowest BCUT2D eigenvalue weighted by Gasteiger charge is -2.35. The highest BCUT2D eigenvalue weighted by atomic mass is 16.7. The molecule has 1 atom stereocenters. The molecule has 6 heteroatoms. The maximum Gasteiger partial charge on any atom is 0.337 e. The minimum absolute atomic E-state index is 0.00660. The molecule has 0 saturated heterocycles. The molecule has 0 bridgehead atoms. The largest absolute Gasteiger partial charge is 0.478 e. The number of esters is 1. The number of aryl methyl sites for hydroxylation is 1. The van der Waals surface area contributed by atoms with E-state index in [-0.39, 0.29) is 18.9 Å². The number of carbonyl (C=O) groups excluding carboxylic acids is 1. The second kappa shape index (κ2) is 9.45. The summed E-state index contributed by atoms with van der Waals surface area (Å²) in [6.07, 6.45) is 6.03. The van der Waals surface area contributed by atoms with Gasteiger partial charge in [0.15, 0.2) is 6.61 Å². The van der Waals surface area contributed by atoms with Gasteiger partial charge in [-0.1, -0.05) is 31.6 Å². The van der Waals surface area contributed by atoms with Crippen molar-refractivity contribution in [2.45, 2.75) is 70.7 Å². The van der Waals surface area contributed by atoms with E-state index in [4.69, 9.17) is 19.5 Å². The summed E-state index contributed by atoms with van der Waals surface area (Å²) in [5, 5.41) is 20.3. The molecule has 1 heterocycles. The zero-order valence-electron chi connectivity index (χ0n) is 18.4. The Morgan fingerprint density at radius 3 is 2.68 bits per heavy atom. The van der Waals surface area contributed by atoms with Crippen molar-refractivity contribution in [2.75, 3.05) is 6.61 Å². The smallest absolute Gasteiger partial charge is 0.337 e. The molecule has 1 saturated carbocycles. The number of cyclic esters (lactones) is 1. The van der Waals surface area contributed by atoms with Gasteiger partial charge in [0.25, 0.3) is 0 Å². The number of nitrogens with zero attached hydrogens (tertiary/aromatic N) is 1. The van der Waals surface area contributed by atoms with Crippen LogP contribution in [0.4, 0.5) is 0 Å². The highest BCUT2D eigenvalue weighted by Gasteiger charge is 2.41. The molecule has 164 valence electrons. The number of carbonyl (C=O) groups is 1. The normalized spacial score (nSPS) is 19.7. The summed E-state index contributed by atoms with van der Waals surface area (Å²) in [6, 6.07) is 7.52. The first-order valence-corrected chi connectivity index (χ1v) is 10.8. The Labute approximate surface area is 183 Å². The summed E-state index contributed by atoms with van der Waals surface area (Å²) in [5.74, 6) is 5.74. The van der Waals surface area contributed by atoms with Gasteiger partial charge in [-0.3, -0.25) is 0 Å². The van der Waals surface area contributed by atoms with E-state index in [1.165, 1.54) is 6.08 Å². The number of benzene rings is 1. The van der Waals surface area contributed by atoms with E-state index >= 15 is 0 Å². The molecule has 1 aromatic rings. The van der Waals surface area contributed by atoms with E-state index in [0.717, 1.165) is 43.2 Å². The Bertz CT molecular complexity index is 956. The Morgan fingerprint density at radius 1 is 1.29 bits per heavy atom. The van der Waals surface area contributed by atoms with E-state index < -0.39 is 17.4 Å². The van der Waals surface area contributed by atoms with Crippen LogP contribution in [0.2, 0.25) is 0 Å². The van der Waals surface area contributed by atoms with Crippen LogP contribution in [0.1, 0.15) is 64.0 Å². The first-order chi connectivity index (χ1) is 14.7. The van der Waals surface area contributed by atoms with Crippen LogP contribution in [0, 0.1) is 29.1 Å². The number of hydrogen-bond donors (Lipinski definition) is 1. The number of nitriles is 1. The molecular formula is C25H29NO5. The molecule has 2 aliphatic rings. The van der Waals surface area contributed by atoms with Crippen LogP contribution in [0.25, 0.3) is 0 Å². The molecule has 1 aliphatic heterocycles. The van der Waals surface area contributed by atoms with Crippen molar-refractivity contribution in [1.82, 2.24) is 0 Å². The van der Waals surface area contributed by atoms with Gasteiger partial charge in [-0.05, 0) is 48.9 Å². The number of hydrogen-bond acceptors (Lipinski definition) is 6. The Kier molecular flexibility index (Phi) is 6.93. The third kappa shape index (κ3) is 5.81. The maximum absolute atomic E-state index is 11.9. The van der Waals surface area contributed by atoms with Crippen molar-refractivity contribution < 1.29 is 24.1 Å². The van der Waals surface area contributed by atoms with Crippen LogP contribution < -0.4 is 4.74 Å². The third-order valence-corrected chi connectivity index (χ3v) is 5.63. The van der Waals surface area contributed by atoms with Gasteiger partial charge >= 0.3 is 5.97 Å². The van der Waals surface area contributed by atoms with Gasteiger partial charge in [0.2, 0.25) is 5.79 Å². The highest BCUT2D eigenvalue weighted by Crippen LogP contribution is 2.39. The fourth-order valence-corrected chi connectivity index (χ4v) is 4.18. The molecule has 0 aromatic heterocycles. The molecule has 1 aliphatic carbocycles. The van der Waals surface area contributed by atoms with Crippen LogP contribution in [0.3, 0.4) is 0 Å². The summed E-state index contributed by atoms with van der Waals surface area (Å²) in [5.41, 5.74) is 0.406. The van der Waals surface area contributed by atoms with E-state index in [1.54, 1.807) is 19.9 Å². The third-order valence-electron chi connectivity index (χ3n) is 5.63. The van der Waals surface area contributed by atoms with Crippen molar-refractivity contribution in [2.24, 2.45) is 5.92 Å². The predicted molar refractivity (Wildman–Crippen MR) is 115 cm³/mol. The minimum atomic E-state index is -1.31. The summed E-state index contributed by atoms with van der Waals surface area (Å²) in [4.78, 5) is 11.9. The van der Waals surface area contributed by atoms with Gasteiger partial charge in [0, 0.05) is 25.8 Å². The quantitative estimate of drug-likeness (QED) is 0.549. The summed E-state index contributed by atoms with van der Waals surface area (Å²) in [6.45, 7) is 5.34. The fraction of sp³-hybridized carbons (Fsp3) is 0.520. The minimum Gasteiger partial charge on any atom is -0.478 e. The maximum atomic E-state index is 11.9. The van der Waals surface area contributed by atoms with Crippen LogP contribution in [0.5, 0.6) is 5.75 Å². The highest BCUT2D eigenvalue weighted by molar-refractivity contribution is 5.83. The molecular weight excluding hydrogens is 394 g/mol. The lowest BCUT2D eigenvalue weighted by Crippen LogP contribution is -2.40. The Hall–Kier alpha value is -2.96. The Balaban J connectivity index is 1.88. The predicted octanol–water partition coefficient (Wildman–Crippen LogP) is 4.01. The molecule has 1 aromatic carbocycles. The number of aliphatic hydroxyl groups is 1. The van der Waals surface area contributed by atoms with Crippen molar-refractivity contribution in [1.29, 1.82) is 5.26 Å². The van der Waals surface area contributed by atoms with Gasteiger partial charge < -0.3 is 19.3 Å². The molecule has 6 nitrogen and oxygen atoms in total. The van der Waals surface area contributed by atoms with Crippen LogP contribution in [-0.4, -0.2) is 29.1 Å². The summed E-state index contributed by atoms with van der Waals surface area (Å²) < 4.78 is 16.4. The second-order valence-electron chi connectivity index (χ2n) is 8.49. The monoisotopic (exact) mass is 423 g/mol. The first-order valence-electron chi connectivity index (χ1n) is 10.8. The van der Waals surface area contributed by atoms with E-state index in [2.05, 4.69) is 11.8 Å². The summed E-state index contributed by atoms with van der Waals surface area (Å²) in [7, 11) is 0. The molecule has 1 unspecified atom stereocenters.